The maximum absolute atomic E-state index is 15.3. The minimum Gasteiger partial charge on any atom is -0.367 e. The van der Waals surface area contributed by atoms with Crippen molar-refractivity contribution in [1.29, 1.82) is 5.26 Å². The van der Waals surface area contributed by atoms with Gasteiger partial charge in [0.05, 0.1) is 16.9 Å². The van der Waals surface area contributed by atoms with Crippen molar-refractivity contribution in [3.63, 3.8) is 0 Å². The first kappa shape index (κ1) is 25.9. The molecule has 1 aromatic heterocycles. The van der Waals surface area contributed by atoms with Gasteiger partial charge in [0.15, 0.2) is 0 Å². The van der Waals surface area contributed by atoms with Crippen LogP contribution in [0.2, 0.25) is 0 Å². The zero-order valence-electron chi connectivity index (χ0n) is 19.8. The minimum absolute atomic E-state index is 0.0233. The lowest BCUT2D eigenvalue weighted by Crippen LogP contribution is -2.50. The highest BCUT2D eigenvalue weighted by Gasteiger charge is 2.43. The molecule has 2 aromatic rings. The molecule has 9 nitrogen and oxygen atoms in total. The number of nitrogens with zero attached hydrogens (tertiary/aromatic N) is 6. The maximum atomic E-state index is 15.3. The third-order valence-electron chi connectivity index (χ3n) is 6.28. The average molecular weight is 515 g/mol. The Hall–Kier alpha value is -4.18. The molecule has 37 heavy (non-hydrogen) atoms. The van der Waals surface area contributed by atoms with Crippen molar-refractivity contribution in [2.24, 2.45) is 10.9 Å². The summed E-state index contributed by atoms with van der Waals surface area (Å²) in [4.78, 5) is 39.5. The summed E-state index contributed by atoms with van der Waals surface area (Å²) in [6.45, 7) is 3.57. The fourth-order valence-electron chi connectivity index (χ4n) is 4.10. The maximum Gasteiger partial charge on any atom is 0.414 e. The Morgan fingerprint density at radius 3 is 2.54 bits per heavy atom. The average Bonchev–Trinajstić information content (AvgIpc) is 2.86. The van der Waals surface area contributed by atoms with E-state index < -0.39 is 35.3 Å². The van der Waals surface area contributed by atoms with E-state index in [9.17, 15) is 22.8 Å². The molecular weight excluding hydrogens is 494 g/mol. The Kier molecular flexibility index (Phi) is 7.04. The van der Waals surface area contributed by atoms with Crippen LogP contribution in [0.15, 0.2) is 41.2 Å². The second-order valence-electron chi connectivity index (χ2n) is 8.71. The number of rotatable bonds is 4. The van der Waals surface area contributed by atoms with Crippen LogP contribution < -0.4 is 10.2 Å². The number of anilines is 2. The Morgan fingerprint density at radius 1 is 1.22 bits per heavy atom. The number of aromatic nitrogens is 2. The van der Waals surface area contributed by atoms with Crippen molar-refractivity contribution in [2.75, 3.05) is 36.9 Å². The molecule has 192 valence electrons. The lowest BCUT2D eigenvalue weighted by molar-refractivity contribution is -0.124. The third-order valence-corrected chi connectivity index (χ3v) is 6.28. The number of aliphatic imine (C=N–C) groups is 1. The second-order valence-corrected chi connectivity index (χ2v) is 8.71. The molecule has 1 aromatic carbocycles. The highest BCUT2D eigenvalue weighted by Crippen LogP contribution is 2.37. The smallest absolute Gasteiger partial charge is 0.367 e. The van der Waals surface area contributed by atoms with Gasteiger partial charge in [0, 0.05) is 61.5 Å². The monoisotopic (exact) mass is 515 g/mol. The first-order chi connectivity index (χ1) is 17.5. The molecule has 1 saturated heterocycles. The molecule has 3 heterocycles. The zero-order valence-corrected chi connectivity index (χ0v) is 19.8. The topological polar surface area (TPSA) is 115 Å². The van der Waals surface area contributed by atoms with Gasteiger partial charge in [0.25, 0.3) is 5.91 Å². The summed E-state index contributed by atoms with van der Waals surface area (Å²) in [5, 5.41) is 11.4. The van der Waals surface area contributed by atoms with E-state index in [1.807, 2.05) is 18.9 Å². The van der Waals surface area contributed by atoms with Gasteiger partial charge < -0.3 is 15.1 Å². The molecule has 1 fully saturated rings. The Bertz CT molecular complexity index is 1330. The molecular formula is C24H21F4N7O2. The first-order valence-electron chi connectivity index (χ1n) is 11.2. The molecule has 2 aliphatic rings. The molecule has 13 heteroatoms. The van der Waals surface area contributed by atoms with Crippen LogP contribution in [0.4, 0.5) is 28.9 Å². The molecule has 2 atom stereocenters. The molecule has 1 N–H and O–H groups in total. The zero-order chi connectivity index (χ0) is 26.9. The summed E-state index contributed by atoms with van der Waals surface area (Å²) < 4.78 is 56.0. The highest BCUT2D eigenvalue weighted by molar-refractivity contribution is 6.11. The molecule has 0 saturated carbocycles. The van der Waals surface area contributed by atoms with Crippen molar-refractivity contribution < 1.29 is 27.2 Å². The summed E-state index contributed by atoms with van der Waals surface area (Å²) in [5.74, 6) is -4.87. The van der Waals surface area contributed by atoms with Crippen LogP contribution in [-0.4, -0.2) is 71.8 Å². The Balaban J connectivity index is 1.75. The Morgan fingerprint density at radius 2 is 1.92 bits per heavy atom. The predicted molar refractivity (Wildman–Crippen MR) is 126 cm³/mol. The van der Waals surface area contributed by atoms with Crippen molar-refractivity contribution in [3.05, 3.63) is 47.8 Å². The molecule has 0 aliphatic carbocycles. The summed E-state index contributed by atoms with van der Waals surface area (Å²) in [7, 11) is 1.94. The number of halogens is 4. The van der Waals surface area contributed by atoms with Crippen LogP contribution >= 0.6 is 0 Å². The van der Waals surface area contributed by atoms with Gasteiger partial charge in [-0.2, -0.15) is 18.4 Å². The van der Waals surface area contributed by atoms with Crippen LogP contribution in [0.3, 0.4) is 0 Å². The normalized spacial score (nSPS) is 20.4. The first-order valence-corrected chi connectivity index (χ1v) is 11.2. The van der Waals surface area contributed by atoms with E-state index in [4.69, 9.17) is 5.26 Å². The van der Waals surface area contributed by atoms with Crippen molar-refractivity contribution >= 4 is 29.4 Å². The van der Waals surface area contributed by atoms with E-state index >= 15 is 4.39 Å². The number of carbonyl (C=O) groups excluding carboxylic acids is 2. The van der Waals surface area contributed by atoms with Gasteiger partial charge in [-0.25, -0.2) is 19.4 Å². The van der Waals surface area contributed by atoms with Crippen molar-refractivity contribution in [2.45, 2.75) is 19.1 Å². The number of amides is 2. The standard InChI is InChI=1S/C24H21F4N7O2/c1-13-12-35(4-3-34(13)2)20-7-18(25)15(14-9-30-21(8-29)31-10-14)5-19(20)33-23(37)16-11-32-22(36)6-17(16)24(26,27)28/h5-7,9-11,13,16H,3-4,12H2,1-2H3,(H,33,37)/t13-,16?/m0/s1. The number of benzene rings is 1. The van der Waals surface area contributed by atoms with Gasteiger partial charge >= 0.3 is 6.18 Å². The minimum atomic E-state index is -4.94. The number of carbonyl (C=O) groups is 2. The van der Waals surface area contributed by atoms with Gasteiger partial charge in [-0.1, -0.05) is 0 Å². The third kappa shape index (κ3) is 5.49. The summed E-state index contributed by atoms with van der Waals surface area (Å²) in [6, 6.07) is 4.33. The van der Waals surface area contributed by atoms with Crippen LogP contribution in [0.1, 0.15) is 12.7 Å². The molecule has 2 aliphatic heterocycles. The number of nitrogens with one attached hydrogen (secondary N) is 1. The van der Waals surface area contributed by atoms with Crippen LogP contribution in [0, 0.1) is 23.1 Å². The SMILES string of the molecule is C[C@H]1CN(c2cc(F)c(-c3cnc(C#N)nc3)cc2NC(=O)C2C=NC(=O)C=C2C(F)(F)F)CCN1C. The molecule has 4 rings (SSSR count). The Labute approximate surface area is 209 Å². The van der Waals surface area contributed by atoms with Gasteiger partial charge in [-0.05, 0) is 26.1 Å². The van der Waals surface area contributed by atoms with Gasteiger partial charge in [0.2, 0.25) is 11.7 Å². The number of alkyl halides is 3. The predicted octanol–water partition coefficient (Wildman–Crippen LogP) is 2.95. The number of nitriles is 1. The van der Waals surface area contributed by atoms with Crippen molar-refractivity contribution in [1.82, 2.24) is 14.9 Å². The molecule has 0 bridgehead atoms. The van der Waals surface area contributed by atoms with Crippen LogP contribution in [0.5, 0.6) is 0 Å². The van der Waals surface area contributed by atoms with E-state index in [2.05, 4.69) is 25.2 Å². The number of dihydropyridines is 1. The van der Waals surface area contributed by atoms with Gasteiger partial charge in [-0.15, -0.1) is 0 Å². The molecule has 0 radical (unpaired) electrons. The summed E-state index contributed by atoms with van der Waals surface area (Å²) in [6.07, 6.45) is -1.53. The summed E-state index contributed by atoms with van der Waals surface area (Å²) >= 11 is 0. The van der Waals surface area contributed by atoms with E-state index in [1.54, 1.807) is 6.07 Å². The van der Waals surface area contributed by atoms with Crippen LogP contribution in [-0.2, 0) is 9.59 Å². The molecule has 1 unspecified atom stereocenters. The largest absolute Gasteiger partial charge is 0.414 e. The van der Waals surface area contributed by atoms with E-state index in [0.717, 1.165) is 0 Å². The second kappa shape index (κ2) is 10.1. The summed E-state index contributed by atoms with van der Waals surface area (Å²) in [5.41, 5.74) is -0.821. The van der Waals surface area contributed by atoms with E-state index in [0.29, 0.717) is 25.8 Å². The fraction of sp³-hybridized carbons (Fsp3) is 0.333. The molecule has 2 amide bonds. The van der Waals surface area contributed by atoms with Gasteiger partial charge in [-0.3, -0.25) is 9.59 Å². The quantitative estimate of drug-likeness (QED) is 0.623. The van der Waals surface area contributed by atoms with Gasteiger partial charge in [0.1, 0.15) is 17.8 Å². The number of hydrogen-bond acceptors (Lipinski definition) is 7. The fourth-order valence-corrected chi connectivity index (χ4v) is 4.10. The number of likely N-dealkylation sites (N-methyl/N-ethyl adjacent to an activating group) is 1. The van der Waals surface area contributed by atoms with E-state index in [-0.39, 0.29) is 40.4 Å². The lowest BCUT2D eigenvalue weighted by atomic mass is 9.95. The number of hydrogen-bond donors (Lipinski definition) is 1. The van der Waals surface area contributed by atoms with Crippen LogP contribution in [0.25, 0.3) is 11.1 Å². The molecule has 0 spiro atoms. The van der Waals surface area contributed by atoms with E-state index in [1.165, 1.54) is 24.5 Å². The lowest BCUT2D eigenvalue weighted by Gasteiger charge is -2.40. The van der Waals surface area contributed by atoms with Crippen molar-refractivity contribution in [3.8, 4) is 17.2 Å². The number of piperazine rings is 1. The highest BCUT2D eigenvalue weighted by atomic mass is 19.4.